The van der Waals surface area contributed by atoms with Gasteiger partial charge in [0.25, 0.3) is 5.91 Å². The number of nitrogens with zero attached hydrogens (tertiary/aromatic N) is 5. The number of carbonyl (C=O) groups is 2. The van der Waals surface area contributed by atoms with E-state index in [1.165, 1.54) is 6.42 Å². The van der Waals surface area contributed by atoms with E-state index in [2.05, 4.69) is 14.9 Å². The summed E-state index contributed by atoms with van der Waals surface area (Å²) in [5.41, 5.74) is 1.34. The monoisotopic (exact) mass is 373 g/mol. The SMILES string of the molecule is Cc1nc(C2CCCCN2CC(=O)N(C)C)ncc1C(=O)N1CCCCC1. The van der Waals surface area contributed by atoms with E-state index >= 15 is 0 Å². The van der Waals surface area contributed by atoms with Crippen LogP contribution < -0.4 is 0 Å². The third kappa shape index (κ3) is 4.64. The predicted octanol–water partition coefficient (Wildman–Crippen LogP) is 2.03. The average Bonchev–Trinajstić information content (AvgIpc) is 2.68. The first-order valence-electron chi connectivity index (χ1n) is 10.0. The average molecular weight is 374 g/mol. The zero-order chi connectivity index (χ0) is 19.4. The minimum Gasteiger partial charge on any atom is -0.348 e. The van der Waals surface area contributed by atoms with Crippen LogP contribution in [-0.2, 0) is 4.79 Å². The second kappa shape index (κ2) is 8.78. The number of amides is 2. The van der Waals surface area contributed by atoms with Crippen molar-refractivity contribution in [2.45, 2.75) is 51.5 Å². The molecule has 2 aliphatic heterocycles. The lowest BCUT2D eigenvalue weighted by atomic mass is 10.0. The molecule has 0 saturated carbocycles. The van der Waals surface area contributed by atoms with Crippen LogP contribution in [0.25, 0.3) is 0 Å². The van der Waals surface area contributed by atoms with Crippen molar-refractivity contribution in [1.29, 1.82) is 0 Å². The maximum Gasteiger partial charge on any atom is 0.257 e. The predicted molar refractivity (Wildman–Crippen MR) is 103 cm³/mol. The second-order valence-electron chi connectivity index (χ2n) is 7.85. The molecule has 3 heterocycles. The van der Waals surface area contributed by atoms with Crippen LogP contribution >= 0.6 is 0 Å². The molecule has 0 bridgehead atoms. The van der Waals surface area contributed by atoms with Gasteiger partial charge in [-0.25, -0.2) is 9.97 Å². The number of hydrogen-bond acceptors (Lipinski definition) is 5. The minimum atomic E-state index is 0.0421. The number of piperidine rings is 2. The summed E-state index contributed by atoms with van der Waals surface area (Å²) < 4.78 is 0. The molecule has 1 atom stereocenters. The van der Waals surface area contributed by atoms with Gasteiger partial charge in [0, 0.05) is 33.4 Å². The maximum absolute atomic E-state index is 12.8. The summed E-state index contributed by atoms with van der Waals surface area (Å²) in [6.45, 7) is 4.79. The fourth-order valence-corrected chi connectivity index (χ4v) is 3.91. The number of rotatable bonds is 4. The Balaban J connectivity index is 1.76. The van der Waals surface area contributed by atoms with E-state index in [9.17, 15) is 9.59 Å². The van der Waals surface area contributed by atoms with Crippen LogP contribution in [0.4, 0.5) is 0 Å². The molecular weight excluding hydrogens is 342 g/mol. The number of likely N-dealkylation sites (tertiary alicyclic amines) is 2. The van der Waals surface area contributed by atoms with Crippen molar-refractivity contribution < 1.29 is 9.59 Å². The molecule has 0 aromatic carbocycles. The van der Waals surface area contributed by atoms with Crippen LogP contribution in [-0.4, -0.2) is 76.8 Å². The third-order valence-corrected chi connectivity index (χ3v) is 5.62. The molecule has 27 heavy (non-hydrogen) atoms. The van der Waals surface area contributed by atoms with E-state index in [0.717, 1.165) is 63.3 Å². The number of carbonyl (C=O) groups excluding carboxylic acids is 2. The highest BCUT2D eigenvalue weighted by Crippen LogP contribution is 2.29. The Labute approximate surface area is 161 Å². The Bertz CT molecular complexity index is 685. The van der Waals surface area contributed by atoms with E-state index in [4.69, 9.17) is 0 Å². The molecule has 2 aliphatic rings. The summed E-state index contributed by atoms with van der Waals surface area (Å²) in [5, 5.41) is 0. The number of likely N-dealkylation sites (N-methyl/N-ethyl adjacent to an activating group) is 1. The Morgan fingerprint density at radius 3 is 2.48 bits per heavy atom. The molecule has 0 radical (unpaired) electrons. The molecule has 2 saturated heterocycles. The molecule has 3 rings (SSSR count). The molecule has 1 aromatic heterocycles. The normalized spacial score (nSPS) is 21.1. The molecule has 148 valence electrons. The van der Waals surface area contributed by atoms with E-state index < -0.39 is 0 Å². The van der Waals surface area contributed by atoms with Gasteiger partial charge in [-0.3, -0.25) is 14.5 Å². The molecular formula is C20H31N5O2. The lowest BCUT2D eigenvalue weighted by Gasteiger charge is -2.35. The molecule has 7 nitrogen and oxygen atoms in total. The highest BCUT2D eigenvalue weighted by molar-refractivity contribution is 5.95. The number of hydrogen-bond donors (Lipinski definition) is 0. The lowest BCUT2D eigenvalue weighted by molar-refractivity contribution is -0.130. The summed E-state index contributed by atoms with van der Waals surface area (Å²) in [5.74, 6) is 0.867. The van der Waals surface area contributed by atoms with Crippen molar-refractivity contribution in [2.75, 3.05) is 40.3 Å². The van der Waals surface area contributed by atoms with Crippen molar-refractivity contribution in [3.05, 3.63) is 23.3 Å². The van der Waals surface area contributed by atoms with Gasteiger partial charge in [0.15, 0.2) is 0 Å². The van der Waals surface area contributed by atoms with E-state index in [-0.39, 0.29) is 17.9 Å². The second-order valence-corrected chi connectivity index (χ2v) is 7.85. The molecule has 1 aromatic rings. The minimum absolute atomic E-state index is 0.0421. The largest absolute Gasteiger partial charge is 0.348 e. The fourth-order valence-electron chi connectivity index (χ4n) is 3.91. The third-order valence-electron chi connectivity index (χ3n) is 5.62. The van der Waals surface area contributed by atoms with E-state index in [1.807, 2.05) is 11.8 Å². The van der Waals surface area contributed by atoms with Gasteiger partial charge in [0.1, 0.15) is 5.82 Å². The molecule has 2 amide bonds. The molecule has 0 aliphatic carbocycles. The lowest BCUT2D eigenvalue weighted by Crippen LogP contribution is -2.42. The van der Waals surface area contributed by atoms with E-state index in [0.29, 0.717) is 12.1 Å². The zero-order valence-electron chi connectivity index (χ0n) is 16.8. The standard InChI is InChI=1S/C20H31N5O2/c1-15-16(20(27)24-10-6-4-7-11-24)13-21-19(22-15)17-9-5-8-12-25(17)14-18(26)23(2)3/h13,17H,4-12,14H2,1-3H3. The van der Waals surface area contributed by atoms with Crippen LogP contribution in [0.2, 0.25) is 0 Å². The number of aryl methyl sites for hydroxylation is 1. The first-order chi connectivity index (χ1) is 13.0. The van der Waals surface area contributed by atoms with Crippen molar-refractivity contribution in [3.8, 4) is 0 Å². The summed E-state index contributed by atoms with van der Waals surface area (Å²) in [7, 11) is 3.56. The highest BCUT2D eigenvalue weighted by atomic mass is 16.2. The maximum atomic E-state index is 12.8. The van der Waals surface area contributed by atoms with Crippen LogP contribution in [0.15, 0.2) is 6.20 Å². The van der Waals surface area contributed by atoms with E-state index in [1.54, 1.807) is 25.2 Å². The van der Waals surface area contributed by atoms with Gasteiger partial charge in [-0.15, -0.1) is 0 Å². The van der Waals surface area contributed by atoms with Crippen LogP contribution in [0.1, 0.15) is 66.4 Å². The molecule has 0 spiro atoms. The Morgan fingerprint density at radius 2 is 1.81 bits per heavy atom. The van der Waals surface area contributed by atoms with Crippen LogP contribution in [0, 0.1) is 6.92 Å². The first-order valence-corrected chi connectivity index (χ1v) is 10.0. The van der Waals surface area contributed by atoms with Gasteiger partial charge < -0.3 is 9.80 Å². The van der Waals surface area contributed by atoms with Crippen molar-refractivity contribution >= 4 is 11.8 Å². The summed E-state index contributed by atoms with van der Waals surface area (Å²) in [6.07, 6.45) is 8.16. The Morgan fingerprint density at radius 1 is 1.11 bits per heavy atom. The summed E-state index contributed by atoms with van der Waals surface area (Å²) >= 11 is 0. The van der Waals surface area contributed by atoms with Gasteiger partial charge in [-0.05, 0) is 45.6 Å². The van der Waals surface area contributed by atoms with Crippen LogP contribution in [0.3, 0.4) is 0 Å². The Hall–Kier alpha value is -2.02. The van der Waals surface area contributed by atoms with Gasteiger partial charge in [-0.2, -0.15) is 0 Å². The first kappa shape index (κ1) is 19.7. The zero-order valence-corrected chi connectivity index (χ0v) is 16.8. The van der Waals surface area contributed by atoms with Gasteiger partial charge in [0.05, 0.1) is 23.8 Å². The van der Waals surface area contributed by atoms with Gasteiger partial charge >= 0.3 is 0 Å². The number of aromatic nitrogens is 2. The van der Waals surface area contributed by atoms with Crippen LogP contribution in [0.5, 0.6) is 0 Å². The molecule has 1 unspecified atom stereocenters. The summed E-state index contributed by atoms with van der Waals surface area (Å²) in [4.78, 5) is 39.9. The molecule has 7 heteroatoms. The quantitative estimate of drug-likeness (QED) is 0.808. The van der Waals surface area contributed by atoms with Crippen molar-refractivity contribution in [2.24, 2.45) is 0 Å². The molecule has 0 N–H and O–H groups in total. The van der Waals surface area contributed by atoms with Crippen molar-refractivity contribution in [1.82, 2.24) is 24.7 Å². The smallest absolute Gasteiger partial charge is 0.257 e. The highest BCUT2D eigenvalue weighted by Gasteiger charge is 2.29. The van der Waals surface area contributed by atoms with Gasteiger partial charge in [-0.1, -0.05) is 6.42 Å². The molecule has 2 fully saturated rings. The van der Waals surface area contributed by atoms with Gasteiger partial charge in [0.2, 0.25) is 5.91 Å². The Kier molecular flexibility index (Phi) is 6.42. The topological polar surface area (TPSA) is 69.6 Å². The fraction of sp³-hybridized carbons (Fsp3) is 0.700. The van der Waals surface area contributed by atoms with Crippen molar-refractivity contribution in [3.63, 3.8) is 0 Å². The summed E-state index contributed by atoms with van der Waals surface area (Å²) in [6, 6.07) is 0.0421.